The monoisotopic (exact) mass is 271 g/mol. The number of hydrogen-bond acceptors (Lipinski definition) is 6. The summed E-state index contributed by atoms with van der Waals surface area (Å²) < 4.78 is 0. The van der Waals surface area contributed by atoms with Gasteiger partial charge >= 0.3 is 0 Å². The number of halogens is 1. The van der Waals surface area contributed by atoms with E-state index in [-0.39, 0.29) is 28.5 Å². The van der Waals surface area contributed by atoms with Gasteiger partial charge in [-0.05, 0) is 6.92 Å². The van der Waals surface area contributed by atoms with Gasteiger partial charge in [-0.15, -0.1) is 0 Å². The molecule has 2 atom stereocenters. The molecule has 2 N–H and O–H groups in total. The molecule has 0 aliphatic rings. The fraction of sp³-hybridized carbons (Fsp3) is 0.400. The minimum Gasteiger partial charge on any atom is -0.389 e. The predicted molar refractivity (Wildman–Crippen MR) is 61.8 cm³/mol. The Morgan fingerprint density at radius 1 is 1.67 bits per heavy atom. The molecule has 8 heteroatoms. The number of nitriles is 1. The molecule has 18 heavy (non-hydrogen) atoms. The van der Waals surface area contributed by atoms with Gasteiger partial charge in [0.25, 0.3) is 5.69 Å². The maximum atomic E-state index is 10.7. The third kappa shape index (κ3) is 2.92. The van der Waals surface area contributed by atoms with Gasteiger partial charge in [-0.1, -0.05) is 11.6 Å². The highest BCUT2D eigenvalue weighted by Gasteiger charge is 2.25. The first kappa shape index (κ1) is 14.3. The van der Waals surface area contributed by atoms with Gasteiger partial charge in [-0.25, -0.2) is 4.98 Å². The van der Waals surface area contributed by atoms with Crippen LogP contribution in [0.15, 0.2) is 6.07 Å². The van der Waals surface area contributed by atoms with Gasteiger partial charge in [0.2, 0.25) is 0 Å². The molecular formula is C10H10ClN3O4. The van der Waals surface area contributed by atoms with Crippen molar-refractivity contribution < 1.29 is 15.1 Å². The highest BCUT2D eigenvalue weighted by molar-refractivity contribution is 6.30. The number of rotatable bonds is 4. The van der Waals surface area contributed by atoms with Crippen LogP contribution in [0.4, 0.5) is 5.69 Å². The molecule has 0 aromatic carbocycles. The Morgan fingerprint density at radius 2 is 2.28 bits per heavy atom. The zero-order valence-electron chi connectivity index (χ0n) is 9.37. The molecule has 0 radical (unpaired) electrons. The van der Waals surface area contributed by atoms with Crippen LogP contribution in [0, 0.1) is 28.4 Å². The van der Waals surface area contributed by atoms with Crippen LogP contribution in [-0.4, -0.2) is 26.2 Å². The minimum absolute atomic E-state index is 0.0725. The summed E-state index contributed by atoms with van der Waals surface area (Å²) in [5, 5.41) is 38.2. The number of aromatic nitrogens is 1. The van der Waals surface area contributed by atoms with E-state index >= 15 is 0 Å². The average Bonchev–Trinajstić information content (AvgIpc) is 2.28. The van der Waals surface area contributed by atoms with Crippen molar-refractivity contribution in [2.45, 2.75) is 25.6 Å². The molecule has 1 aromatic heterocycles. The SMILES string of the molecule is Cc1nc(Cl)c(C(O)C(O)CC#N)cc1[N+](=O)[O-]. The van der Waals surface area contributed by atoms with Crippen molar-refractivity contribution >= 4 is 17.3 Å². The topological polar surface area (TPSA) is 120 Å². The summed E-state index contributed by atoms with van der Waals surface area (Å²) in [4.78, 5) is 13.8. The average molecular weight is 272 g/mol. The Balaban J connectivity index is 3.20. The van der Waals surface area contributed by atoms with E-state index < -0.39 is 17.1 Å². The number of hydrogen-bond donors (Lipinski definition) is 2. The largest absolute Gasteiger partial charge is 0.389 e. The van der Waals surface area contributed by atoms with Gasteiger partial charge in [0.1, 0.15) is 17.0 Å². The van der Waals surface area contributed by atoms with E-state index in [0.717, 1.165) is 6.07 Å². The van der Waals surface area contributed by atoms with Crippen molar-refractivity contribution in [1.29, 1.82) is 5.26 Å². The van der Waals surface area contributed by atoms with Crippen molar-refractivity contribution in [2.75, 3.05) is 0 Å². The van der Waals surface area contributed by atoms with Gasteiger partial charge in [0.15, 0.2) is 0 Å². The lowest BCUT2D eigenvalue weighted by molar-refractivity contribution is -0.385. The van der Waals surface area contributed by atoms with Gasteiger partial charge in [-0.2, -0.15) is 5.26 Å². The number of pyridine rings is 1. The molecule has 1 rings (SSSR count). The Hall–Kier alpha value is -1.75. The molecule has 1 aromatic rings. The molecule has 0 spiro atoms. The highest BCUT2D eigenvalue weighted by atomic mass is 35.5. The molecule has 2 unspecified atom stereocenters. The number of aliphatic hydroxyl groups is 2. The van der Waals surface area contributed by atoms with Crippen molar-refractivity contribution in [1.82, 2.24) is 4.98 Å². The summed E-state index contributed by atoms with van der Waals surface area (Å²) in [5.41, 5.74) is -0.273. The number of nitro groups is 1. The van der Waals surface area contributed by atoms with E-state index in [1.54, 1.807) is 6.07 Å². The zero-order chi connectivity index (χ0) is 13.9. The molecule has 1 heterocycles. The lowest BCUT2D eigenvalue weighted by Gasteiger charge is -2.16. The molecule has 7 nitrogen and oxygen atoms in total. The fourth-order valence-corrected chi connectivity index (χ4v) is 1.68. The molecular weight excluding hydrogens is 262 g/mol. The van der Waals surface area contributed by atoms with E-state index in [1.165, 1.54) is 6.92 Å². The number of aliphatic hydroxyl groups excluding tert-OH is 2. The van der Waals surface area contributed by atoms with Gasteiger partial charge in [-0.3, -0.25) is 10.1 Å². The summed E-state index contributed by atoms with van der Waals surface area (Å²) in [6.45, 7) is 1.41. The Morgan fingerprint density at radius 3 is 2.78 bits per heavy atom. The highest BCUT2D eigenvalue weighted by Crippen LogP contribution is 2.30. The third-order valence-corrected chi connectivity index (χ3v) is 2.65. The van der Waals surface area contributed by atoms with Gasteiger partial charge in [0.05, 0.1) is 23.5 Å². The lowest BCUT2D eigenvalue weighted by atomic mass is 10.0. The molecule has 0 saturated heterocycles. The molecule has 0 fully saturated rings. The quantitative estimate of drug-likeness (QED) is 0.483. The Labute approximate surface area is 107 Å². The molecule has 0 saturated carbocycles. The predicted octanol–water partition coefficient (Wildman–Crippen LogP) is 1.26. The summed E-state index contributed by atoms with van der Waals surface area (Å²) in [5.74, 6) is 0. The van der Waals surface area contributed by atoms with Crippen LogP contribution >= 0.6 is 11.6 Å². The maximum absolute atomic E-state index is 10.7. The lowest BCUT2D eigenvalue weighted by Crippen LogP contribution is -2.18. The van der Waals surface area contributed by atoms with E-state index in [2.05, 4.69) is 4.98 Å². The first-order valence-electron chi connectivity index (χ1n) is 4.93. The van der Waals surface area contributed by atoms with E-state index in [1.807, 2.05) is 0 Å². The van der Waals surface area contributed by atoms with Crippen molar-refractivity contribution in [2.24, 2.45) is 0 Å². The van der Waals surface area contributed by atoms with Crippen LogP contribution in [0.5, 0.6) is 0 Å². The first-order valence-corrected chi connectivity index (χ1v) is 5.30. The molecule has 0 aliphatic heterocycles. The van der Waals surface area contributed by atoms with Crippen molar-refractivity contribution in [3.63, 3.8) is 0 Å². The zero-order valence-corrected chi connectivity index (χ0v) is 10.1. The van der Waals surface area contributed by atoms with Crippen molar-refractivity contribution in [3.05, 3.63) is 32.6 Å². The van der Waals surface area contributed by atoms with Crippen LogP contribution in [0.2, 0.25) is 5.15 Å². The fourth-order valence-electron chi connectivity index (χ4n) is 1.39. The minimum atomic E-state index is -1.50. The van der Waals surface area contributed by atoms with E-state index in [9.17, 15) is 20.3 Å². The summed E-state index contributed by atoms with van der Waals surface area (Å²) in [7, 11) is 0. The first-order chi connectivity index (χ1) is 8.38. The Kier molecular flexibility index (Phi) is 4.55. The second-order valence-electron chi connectivity index (χ2n) is 3.60. The standard InChI is InChI=1S/C10H10ClN3O4/c1-5-7(14(17)18)4-6(10(11)13-5)9(16)8(15)2-3-12/h4,8-9,15-16H,2H2,1H3. The van der Waals surface area contributed by atoms with Gasteiger partial charge < -0.3 is 10.2 Å². The van der Waals surface area contributed by atoms with Gasteiger partial charge in [0, 0.05) is 11.6 Å². The van der Waals surface area contributed by atoms with Crippen LogP contribution in [0.25, 0.3) is 0 Å². The Bertz CT molecular complexity index is 515. The van der Waals surface area contributed by atoms with Crippen molar-refractivity contribution in [3.8, 4) is 6.07 Å². The number of aryl methyl sites for hydroxylation is 1. The molecule has 0 aliphatic carbocycles. The van der Waals surface area contributed by atoms with Crippen LogP contribution < -0.4 is 0 Å². The van der Waals surface area contributed by atoms with E-state index in [4.69, 9.17) is 16.9 Å². The summed E-state index contributed by atoms with van der Waals surface area (Å²) in [6, 6.07) is 2.73. The smallest absolute Gasteiger partial charge is 0.290 e. The summed E-state index contributed by atoms with van der Waals surface area (Å²) >= 11 is 5.76. The van der Waals surface area contributed by atoms with Crippen LogP contribution in [-0.2, 0) is 0 Å². The molecule has 0 bridgehead atoms. The second kappa shape index (κ2) is 5.73. The third-order valence-electron chi connectivity index (χ3n) is 2.35. The second-order valence-corrected chi connectivity index (χ2v) is 3.96. The van der Waals surface area contributed by atoms with Crippen LogP contribution in [0.3, 0.4) is 0 Å². The van der Waals surface area contributed by atoms with E-state index in [0.29, 0.717) is 0 Å². The molecule has 0 amide bonds. The van der Waals surface area contributed by atoms with Crippen LogP contribution in [0.1, 0.15) is 23.8 Å². The maximum Gasteiger partial charge on any atom is 0.290 e. The number of nitrogens with zero attached hydrogens (tertiary/aromatic N) is 3. The molecule has 96 valence electrons. The summed E-state index contributed by atoms with van der Waals surface area (Å²) in [6.07, 6.45) is -3.19. The normalized spacial score (nSPS) is 13.7.